The quantitative estimate of drug-likeness (QED) is 0.742. The molecule has 0 spiro atoms. The molecule has 4 nitrogen and oxygen atoms in total. The minimum atomic E-state index is -0.445. The molecule has 0 aromatic heterocycles. The molecular weight excluding hydrogens is 262 g/mol. The van der Waals surface area contributed by atoms with Crippen molar-refractivity contribution in [3.63, 3.8) is 0 Å². The van der Waals surface area contributed by atoms with Gasteiger partial charge in [-0.05, 0) is 27.7 Å². The molecule has 0 unspecified atom stereocenters. The second-order valence-corrected chi connectivity index (χ2v) is 4.69. The number of rotatable bonds is 4. The summed E-state index contributed by atoms with van der Waals surface area (Å²) in [5, 5.41) is 0.249. The summed E-state index contributed by atoms with van der Waals surface area (Å²) in [4.78, 5) is 24.3. The van der Waals surface area contributed by atoms with Crippen molar-refractivity contribution in [3.05, 3.63) is 0 Å². The fraction of sp³-hybridized carbons (Fsp3) is 0.800. The van der Waals surface area contributed by atoms with Gasteiger partial charge in [0.25, 0.3) is 0 Å². The molecule has 0 aromatic carbocycles. The van der Waals surface area contributed by atoms with Crippen LogP contribution in [-0.2, 0) is 9.53 Å². The molecule has 0 fully saturated rings. The van der Waals surface area contributed by atoms with Gasteiger partial charge in [-0.25, -0.2) is 4.79 Å². The molecule has 0 saturated heterocycles. The Bertz CT molecular complexity index is 235. The molecule has 0 atom stereocenters. The maximum atomic E-state index is 11.6. The van der Waals surface area contributed by atoms with Crippen molar-refractivity contribution in [3.8, 4) is 0 Å². The van der Waals surface area contributed by atoms with Crippen LogP contribution in [-0.4, -0.2) is 40.8 Å². The van der Waals surface area contributed by atoms with Gasteiger partial charge in [-0.15, -0.1) is 0 Å². The topological polar surface area (TPSA) is 46.6 Å². The van der Waals surface area contributed by atoms with E-state index >= 15 is 0 Å². The molecule has 0 heterocycles. The molecule has 0 aliphatic heterocycles. The number of ketones is 1. The lowest BCUT2D eigenvalue weighted by atomic mass is 10.1. The normalized spacial score (nSPS) is 11.0. The maximum absolute atomic E-state index is 11.6. The number of Topliss-reactive ketones (excluding diaryl/α,β-unsaturated/α-hetero) is 1. The summed E-state index contributed by atoms with van der Waals surface area (Å²) in [6.07, 6.45) is -0.445. The van der Waals surface area contributed by atoms with E-state index in [1.54, 1.807) is 6.92 Å². The van der Waals surface area contributed by atoms with Gasteiger partial charge in [0, 0.05) is 5.54 Å². The third kappa shape index (κ3) is 5.16. The van der Waals surface area contributed by atoms with Crippen LogP contribution in [0.15, 0.2) is 0 Å². The zero-order chi connectivity index (χ0) is 12.1. The van der Waals surface area contributed by atoms with Gasteiger partial charge in [0.15, 0.2) is 5.78 Å². The number of carbonyl (C=O) groups is 2. The van der Waals surface area contributed by atoms with E-state index in [1.165, 1.54) is 4.90 Å². The van der Waals surface area contributed by atoms with E-state index in [9.17, 15) is 9.59 Å². The molecule has 0 saturated carbocycles. The Morgan fingerprint density at radius 3 is 2.20 bits per heavy atom. The van der Waals surface area contributed by atoms with Crippen molar-refractivity contribution >= 4 is 27.8 Å². The van der Waals surface area contributed by atoms with Crippen LogP contribution in [0.3, 0.4) is 0 Å². The molecule has 1 amide bonds. The highest BCUT2D eigenvalue weighted by atomic mass is 79.9. The molecule has 0 rings (SSSR count). The summed E-state index contributed by atoms with van der Waals surface area (Å²) >= 11 is 3.07. The van der Waals surface area contributed by atoms with E-state index in [0.717, 1.165) is 0 Å². The number of amides is 1. The fourth-order valence-corrected chi connectivity index (χ4v) is 1.17. The Morgan fingerprint density at radius 1 is 1.33 bits per heavy atom. The molecule has 88 valence electrons. The van der Waals surface area contributed by atoms with E-state index in [0.29, 0.717) is 6.61 Å². The number of hydrogen-bond acceptors (Lipinski definition) is 3. The highest BCUT2D eigenvalue weighted by molar-refractivity contribution is 9.09. The van der Waals surface area contributed by atoms with Crippen LogP contribution in [0, 0.1) is 0 Å². The number of halogens is 1. The van der Waals surface area contributed by atoms with Gasteiger partial charge in [-0.3, -0.25) is 9.69 Å². The number of alkyl halides is 1. The van der Waals surface area contributed by atoms with Gasteiger partial charge in [0.1, 0.15) is 0 Å². The lowest BCUT2D eigenvalue weighted by Crippen LogP contribution is -2.48. The predicted molar refractivity (Wildman–Crippen MR) is 62.3 cm³/mol. The third-order valence-corrected chi connectivity index (χ3v) is 2.41. The first-order valence-corrected chi connectivity index (χ1v) is 5.97. The zero-order valence-corrected chi connectivity index (χ0v) is 11.3. The van der Waals surface area contributed by atoms with Crippen molar-refractivity contribution in [2.45, 2.75) is 33.2 Å². The lowest BCUT2D eigenvalue weighted by molar-refractivity contribution is -0.118. The largest absolute Gasteiger partial charge is 0.450 e. The Morgan fingerprint density at radius 2 is 1.87 bits per heavy atom. The second kappa shape index (κ2) is 6.10. The molecule has 0 bridgehead atoms. The Hall–Kier alpha value is -0.580. The average Bonchev–Trinajstić information content (AvgIpc) is 2.12. The Kier molecular flexibility index (Phi) is 5.87. The Balaban J connectivity index is 4.59. The first-order chi connectivity index (χ1) is 6.82. The first kappa shape index (κ1) is 14.4. The van der Waals surface area contributed by atoms with Gasteiger partial charge in [-0.2, -0.15) is 0 Å². The number of nitrogens with zero attached hydrogens (tertiary/aromatic N) is 1. The SMILES string of the molecule is CCOC(=O)N(CC(=O)CBr)C(C)(C)C. The van der Waals surface area contributed by atoms with Crippen molar-refractivity contribution in [2.24, 2.45) is 0 Å². The van der Waals surface area contributed by atoms with E-state index < -0.39 is 11.6 Å². The molecule has 0 N–H and O–H groups in total. The van der Waals surface area contributed by atoms with Crippen LogP contribution in [0.2, 0.25) is 0 Å². The van der Waals surface area contributed by atoms with Crippen LogP contribution in [0.5, 0.6) is 0 Å². The van der Waals surface area contributed by atoms with Gasteiger partial charge in [-0.1, -0.05) is 15.9 Å². The molecule has 5 heteroatoms. The average molecular weight is 280 g/mol. The van der Waals surface area contributed by atoms with E-state index in [-0.39, 0.29) is 17.7 Å². The van der Waals surface area contributed by atoms with Crippen molar-refractivity contribution in [1.82, 2.24) is 4.90 Å². The van der Waals surface area contributed by atoms with Crippen LogP contribution < -0.4 is 0 Å². The van der Waals surface area contributed by atoms with Crippen LogP contribution in [0.25, 0.3) is 0 Å². The van der Waals surface area contributed by atoms with E-state index in [2.05, 4.69) is 15.9 Å². The molecule has 0 aliphatic rings. The number of ether oxygens (including phenoxy) is 1. The summed E-state index contributed by atoms with van der Waals surface area (Å²) in [5.41, 5.74) is -0.413. The van der Waals surface area contributed by atoms with Crippen molar-refractivity contribution < 1.29 is 14.3 Å². The fourth-order valence-electron chi connectivity index (χ4n) is 0.996. The maximum Gasteiger partial charge on any atom is 0.410 e. The van der Waals surface area contributed by atoms with Gasteiger partial charge < -0.3 is 4.74 Å². The van der Waals surface area contributed by atoms with Crippen LogP contribution >= 0.6 is 15.9 Å². The monoisotopic (exact) mass is 279 g/mol. The summed E-state index contributed by atoms with van der Waals surface area (Å²) < 4.78 is 4.90. The van der Waals surface area contributed by atoms with Gasteiger partial charge in [0.2, 0.25) is 0 Å². The van der Waals surface area contributed by atoms with Gasteiger partial charge >= 0.3 is 6.09 Å². The van der Waals surface area contributed by atoms with Crippen molar-refractivity contribution in [2.75, 3.05) is 18.5 Å². The highest BCUT2D eigenvalue weighted by Crippen LogP contribution is 2.14. The summed E-state index contributed by atoms with van der Waals surface area (Å²) in [6.45, 7) is 7.73. The predicted octanol–water partition coefficient (Wildman–Crippen LogP) is 2.21. The minimum absolute atomic E-state index is 0.0435. The van der Waals surface area contributed by atoms with Crippen LogP contribution in [0.4, 0.5) is 4.79 Å². The lowest BCUT2D eigenvalue weighted by Gasteiger charge is -2.33. The highest BCUT2D eigenvalue weighted by Gasteiger charge is 2.28. The second-order valence-electron chi connectivity index (χ2n) is 4.13. The van der Waals surface area contributed by atoms with Crippen molar-refractivity contribution in [1.29, 1.82) is 0 Å². The first-order valence-electron chi connectivity index (χ1n) is 4.85. The Labute approximate surface area is 99.1 Å². The van der Waals surface area contributed by atoms with Crippen LogP contribution in [0.1, 0.15) is 27.7 Å². The standard InChI is InChI=1S/C10H18BrNO3/c1-5-15-9(14)12(10(2,3)4)7-8(13)6-11/h5-7H2,1-4H3. The molecule has 0 radical (unpaired) electrons. The molecular formula is C10H18BrNO3. The van der Waals surface area contributed by atoms with Gasteiger partial charge in [0.05, 0.1) is 18.5 Å². The molecule has 15 heavy (non-hydrogen) atoms. The van der Waals surface area contributed by atoms with E-state index in [1.807, 2.05) is 20.8 Å². The summed E-state index contributed by atoms with van der Waals surface area (Å²) in [7, 11) is 0. The molecule has 0 aliphatic carbocycles. The number of carbonyl (C=O) groups excluding carboxylic acids is 2. The summed E-state index contributed by atoms with van der Waals surface area (Å²) in [6, 6.07) is 0. The molecule has 0 aromatic rings. The summed E-state index contributed by atoms with van der Waals surface area (Å²) in [5.74, 6) is -0.0435. The van der Waals surface area contributed by atoms with E-state index in [4.69, 9.17) is 4.74 Å². The minimum Gasteiger partial charge on any atom is -0.450 e. The zero-order valence-electron chi connectivity index (χ0n) is 9.67. The third-order valence-electron chi connectivity index (χ3n) is 1.78. The smallest absolute Gasteiger partial charge is 0.410 e. The number of hydrogen-bond donors (Lipinski definition) is 0.